The van der Waals surface area contributed by atoms with E-state index in [0.717, 1.165) is 16.7 Å². The van der Waals surface area contributed by atoms with E-state index in [1.165, 1.54) is 0 Å². The first-order valence-electron chi connectivity index (χ1n) is 10.8. The second-order valence-corrected chi connectivity index (χ2v) is 9.24. The van der Waals surface area contributed by atoms with Gasteiger partial charge in [0.15, 0.2) is 0 Å². The highest BCUT2D eigenvalue weighted by molar-refractivity contribution is 9.10. The third-order valence-electron chi connectivity index (χ3n) is 5.23. The minimum absolute atomic E-state index is 0.201. The van der Waals surface area contributed by atoms with Crippen molar-refractivity contribution in [1.29, 1.82) is 0 Å². The fourth-order valence-electron chi connectivity index (χ4n) is 3.99. The molecule has 0 aliphatic carbocycles. The van der Waals surface area contributed by atoms with E-state index in [1.54, 1.807) is 18.2 Å². The first kappa shape index (κ1) is 23.0. The van der Waals surface area contributed by atoms with E-state index in [4.69, 9.17) is 9.47 Å². The summed E-state index contributed by atoms with van der Waals surface area (Å²) in [6.07, 6.45) is 0.631. The Morgan fingerprint density at radius 1 is 0.879 bits per heavy atom. The summed E-state index contributed by atoms with van der Waals surface area (Å²) in [5.74, 6) is -0.204. The Morgan fingerprint density at radius 2 is 1.39 bits per heavy atom. The van der Waals surface area contributed by atoms with Gasteiger partial charge in [0.1, 0.15) is 17.8 Å². The van der Waals surface area contributed by atoms with Crippen LogP contribution < -0.4 is 14.4 Å². The Hall–Kier alpha value is -3.19. The number of aldehydes is 1. The van der Waals surface area contributed by atoms with Crippen molar-refractivity contribution in [1.82, 2.24) is 0 Å². The molecule has 1 aliphatic heterocycles. The van der Waals surface area contributed by atoms with Crippen LogP contribution in [0.2, 0.25) is 0 Å². The normalized spacial score (nSPS) is 13.2. The topological polar surface area (TPSA) is 72.9 Å². The van der Waals surface area contributed by atoms with Gasteiger partial charge in [0, 0.05) is 21.7 Å². The van der Waals surface area contributed by atoms with Gasteiger partial charge in [-0.2, -0.15) is 0 Å². The lowest BCUT2D eigenvalue weighted by Crippen LogP contribution is -2.30. The smallest absolute Gasteiger partial charge is 0.270 e. The van der Waals surface area contributed by atoms with Crippen molar-refractivity contribution < 1.29 is 23.9 Å². The van der Waals surface area contributed by atoms with Crippen LogP contribution in [0.25, 0.3) is 10.8 Å². The van der Waals surface area contributed by atoms with E-state index in [2.05, 4.69) is 15.9 Å². The van der Waals surface area contributed by atoms with Crippen LogP contribution >= 0.6 is 15.9 Å². The molecular formula is C26H24BrNO5. The number of hydrogen-bond acceptors (Lipinski definition) is 5. The number of anilines is 1. The molecule has 1 heterocycles. The zero-order chi connectivity index (χ0) is 23.9. The summed E-state index contributed by atoms with van der Waals surface area (Å²) >= 11 is 3.46. The van der Waals surface area contributed by atoms with Crippen molar-refractivity contribution in [3.8, 4) is 11.5 Å². The predicted molar refractivity (Wildman–Crippen MR) is 131 cm³/mol. The zero-order valence-corrected chi connectivity index (χ0v) is 20.4. The molecule has 3 aromatic rings. The first-order valence-corrected chi connectivity index (χ1v) is 11.6. The lowest BCUT2D eigenvalue weighted by atomic mass is 9.98. The van der Waals surface area contributed by atoms with Crippen molar-refractivity contribution in [2.24, 2.45) is 0 Å². The van der Waals surface area contributed by atoms with Crippen LogP contribution in [0.3, 0.4) is 0 Å². The number of carbonyl (C=O) groups excluding carboxylic acids is 3. The van der Waals surface area contributed by atoms with Gasteiger partial charge in [0.05, 0.1) is 29.0 Å². The number of fused-ring (bicyclic) bond motifs is 2. The van der Waals surface area contributed by atoms with Crippen molar-refractivity contribution in [2.75, 3.05) is 4.90 Å². The third kappa shape index (κ3) is 4.02. The monoisotopic (exact) mass is 509 g/mol. The van der Waals surface area contributed by atoms with Crippen molar-refractivity contribution in [2.45, 2.75) is 46.3 Å². The summed E-state index contributed by atoms with van der Waals surface area (Å²) in [4.78, 5) is 39.5. The Bertz CT molecular complexity index is 1210. The molecule has 0 bridgehead atoms. The second-order valence-electron chi connectivity index (χ2n) is 8.39. The molecular weight excluding hydrogens is 486 g/mol. The minimum Gasteiger partial charge on any atom is -0.489 e. The van der Waals surface area contributed by atoms with Gasteiger partial charge in [0.2, 0.25) is 0 Å². The summed E-state index contributed by atoms with van der Waals surface area (Å²) in [5, 5.41) is 1.42. The van der Waals surface area contributed by atoms with E-state index in [0.29, 0.717) is 32.4 Å². The van der Waals surface area contributed by atoms with Gasteiger partial charge in [-0.3, -0.25) is 9.59 Å². The summed E-state index contributed by atoms with van der Waals surface area (Å²) in [6, 6.07) is 12.6. The van der Waals surface area contributed by atoms with Gasteiger partial charge in [-0.25, -0.2) is 4.90 Å². The third-order valence-corrected chi connectivity index (χ3v) is 5.87. The van der Waals surface area contributed by atoms with E-state index in [-0.39, 0.29) is 29.8 Å². The van der Waals surface area contributed by atoms with Crippen LogP contribution in [0.1, 0.15) is 54.0 Å². The molecule has 33 heavy (non-hydrogen) atoms. The highest BCUT2D eigenvalue weighted by Crippen LogP contribution is 2.47. The number of ether oxygens (including phenoxy) is 2. The molecule has 0 unspecified atom stereocenters. The summed E-state index contributed by atoms with van der Waals surface area (Å²) in [6.45, 7) is 7.50. The van der Waals surface area contributed by atoms with Crippen LogP contribution in [0.15, 0.2) is 46.9 Å². The number of rotatable bonds is 7. The molecule has 0 aromatic heterocycles. The van der Waals surface area contributed by atoms with Crippen LogP contribution in [0.5, 0.6) is 11.5 Å². The average molecular weight is 510 g/mol. The molecule has 170 valence electrons. The summed E-state index contributed by atoms with van der Waals surface area (Å²) < 4.78 is 12.8. The fraction of sp³-hybridized carbons (Fsp3) is 0.269. The average Bonchev–Trinajstić information content (AvgIpc) is 3.01. The largest absolute Gasteiger partial charge is 0.489 e. The van der Waals surface area contributed by atoms with Crippen LogP contribution in [-0.4, -0.2) is 30.3 Å². The van der Waals surface area contributed by atoms with Gasteiger partial charge in [-0.15, -0.1) is 0 Å². The van der Waals surface area contributed by atoms with Crippen LogP contribution in [0.4, 0.5) is 5.69 Å². The number of nitrogens with zero attached hydrogens (tertiary/aromatic N) is 1. The standard InChI is InChI=1S/C26H24BrNO5/c1-14(2)32-23-17-7-5-6-8-18(17)24(33-15(3)4)22-21(23)25(30)28(26(22)31)20-10-9-16(11-12-29)13-19(20)27/h5-10,12-15H,11H2,1-4H3. The Morgan fingerprint density at radius 3 is 1.82 bits per heavy atom. The fourth-order valence-corrected chi connectivity index (χ4v) is 4.59. The van der Waals surface area contributed by atoms with Gasteiger partial charge >= 0.3 is 0 Å². The molecule has 0 spiro atoms. The molecule has 0 N–H and O–H groups in total. The van der Waals surface area contributed by atoms with Gasteiger partial charge < -0.3 is 14.3 Å². The highest BCUT2D eigenvalue weighted by atomic mass is 79.9. The maximum Gasteiger partial charge on any atom is 0.270 e. The lowest BCUT2D eigenvalue weighted by molar-refractivity contribution is -0.107. The number of carbonyl (C=O) groups is 3. The number of benzene rings is 3. The summed E-state index contributed by atoms with van der Waals surface area (Å²) in [7, 11) is 0. The maximum atomic E-state index is 13.7. The molecule has 1 aliphatic rings. The zero-order valence-electron chi connectivity index (χ0n) is 18.8. The van der Waals surface area contributed by atoms with E-state index in [1.807, 2.05) is 52.0 Å². The van der Waals surface area contributed by atoms with E-state index < -0.39 is 11.8 Å². The predicted octanol–water partition coefficient (Wildman–Crippen LogP) is 5.72. The number of hydrogen-bond donors (Lipinski definition) is 0. The second kappa shape index (κ2) is 8.98. The van der Waals surface area contributed by atoms with Crippen LogP contribution in [-0.2, 0) is 11.2 Å². The molecule has 0 saturated heterocycles. The van der Waals surface area contributed by atoms with E-state index >= 15 is 0 Å². The Labute approximate surface area is 200 Å². The Balaban J connectivity index is 1.99. The summed E-state index contributed by atoms with van der Waals surface area (Å²) in [5.41, 5.74) is 1.57. The Kier molecular flexibility index (Phi) is 6.26. The van der Waals surface area contributed by atoms with Crippen LogP contribution in [0, 0.1) is 0 Å². The number of imide groups is 1. The molecule has 4 rings (SSSR count). The van der Waals surface area contributed by atoms with Crippen molar-refractivity contribution in [3.05, 3.63) is 63.6 Å². The first-order chi connectivity index (χ1) is 15.7. The minimum atomic E-state index is -0.478. The maximum absolute atomic E-state index is 13.7. The molecule has 0 radical (unpaired) electrons. The van der Waals surface area contributed by atoms with E-state index in [9.17, 15) is 14.4 Å². The molecule has 3 aromatic carbocycles. The lowest BCUT2D eigenvalue weighted by Gasteiger charge is -2.20. The molecule has 2 amide bonds. The molecule has 6 nitrogen and oxygen atoms in total. The van der Waals surface area contributed by atoms with Gasteiger partial charge in [-0.1, -0.05) is 30.3 Å². The van der Waals surface area contributed by atoms with Gasteiger partial charge in [0.25, 0.3) is 11.8 Å². The quantitative estimate of drug-likeness (QED) is 0.300. The van der Waals surface area contributed by atoms with Crippen molar-refractivity contribution >= 4 is 50.5 Å². The SMILES string of the molecule is CC(C)Oc1c2c(c(OC(C)C)c3ccccc13)C(=O)N(c1ccc(CC=O)cc1Br)C2=O. The van der Waals surface area contributed by atoms with Crippen molar-refractivity contribution in [3.63, 3.8) is 0 Å². The number of amides is 2. The molecule has 0 atom stereocenters. The highest BCUT2D eigenvalue weighted by Gasteiger charge is 2.44. The number of halogens is 1. The molecule has 0 saturated carbocycles. The molecule has 0 fully saturated rings. The molecule has 7 heteroatoms. The van der Waals surface area contributed by atoms with Gasteiger partial charge in [-0.05, 0) is 61.3 Å².